The molecule has 2 aliphatic rings. The van der Waals surface area contributed by atoms with Gasteiger partial charge in [-0.05, 0) is 31.7 Å². The van der Waals surface area contributed by atoms with Crippen LogP contribution in [0.2, 0.25) is 0 Å². The summed E-state index contributed by atoms with van der Waals surface area (Å²) in [6.07, 6.45) is 7.50. The van der Waals surface area contributed by atoms with Gasteiger partial charge in [0.05, 0.1) is 18.9 Å². The second-order valence-electron chi connectivity index (χ2n) is 6.41. The molecule has 2 atom stereocenters. The Morgan fingerprint density at radius 2 is 2.20 bits per heavy atom. The summed E-state index contributed by atoms with van der Waals surface area (Å²) in [5.41, 5.74) is 1.22. The minimum absolute atomic E-state index is 0. The summed E-state index contributed by atoms with van der Waals surface area (Å²) < 4.78 is 13.6. The minimum Gasteiger partial charge on any atom is -0.375 e. The Hall–Kier alpha value is -0.870. The average Bonchev–Trinajstić information content (AvgIpc) is 3.26. The number of halogens is 1. The van der Waals surface area contributed by atoms with Crippen LogP contribution >= 0.6 is 24.0 Å². The first-order chi connectivity index (χ1) is 11.8. The van der Waals surface area contributed by atoms with E-state index in [0.717, 1.165) is 64.6 Å². The summed E-state index contributed by atoms with van der Waals surface area (Å²) in [6, 6.07) is 0. The first-order valence-corrected chi connectivity index (χ1v) is 9.00. The lowest BCUT2D eigenvalue weighted by atomic mass is 10.1. The number of rotatable bonds is 5. The Kier molecular flexibility index (Phi) is 8.44. The van der Waals surface area contributed by atoms with Crippen molar-refractivity contribution in [3.05, 3.63) is 18.0 Å². The summed E-state index contributed by atoms with van der Waals surface area (Å²) in [6.45, 7) is 7.06. The molecule has 1 N–H and O–H groups in total. The highest BCUT2D eigenvalue weighted by Gasteiger charge is 2.32. The molecule has 8 heteroatoms. The van der Waals surface area contributed by atoms with Crippen molar-refractivity contribution in [3.8, 4) is 0 Å². The van der Waals surface area contributed by atoms with Gasteiger partial charge >= 0.3 is 0 Å². The zero-order chi connectivity index (χ0) is 16.8. The van der Waals surface area contributed by atoms with Crippen molar-refractivity contribution >= 4 is 29.9 Å². The first kappa shape index (κ1) is 20.4. The van der Waals surface area contributed by atoms with E-state index in [9.17, 15) is 0 Å². The van der Waals surface area contributed by atoms with Crippen molar-refractivity contribution in [1.82, 2.24) is 20.0 Å². The quantitative estimate of drug-likeness (QED) is 0.407. The van der Waals surface area contributed by atoms with Crippen molar-refractivity contribution in [2.75, 3.05) is 39.4 Å². The number of nitrogens with zero attached hydrogens (tertiary/aromatic N) is 4. The second-order valence-corrected chi connectivity index (χ2v) is 6.41. The molecular formula is C17H30IN5O2. The van der Waals surface area contributed by atoms with E-state index in [2.05, 4.69) is 22.2 Å². The van der Waals surface area contributed by atoms with Crippen molar-refractivity contribution in [2.24, 2.45) is 12.0 Å². The number of hydrogen-bond acceptors (Lipinski definition) is 4. The summed E-state index contributed by atoms with van der Waals surface area (Å²) >= 11 is 0. The molecule has 0 saturated carbocycles. The molecule has 25 heavy (non-hydrogen) atoms. The molecule has 1 aromatic rings. The van der Waals surface area contributed by atoms with Gasteiger partial charge in [-0.15, -0.1) is 24.0 Å². The van der Waals surface area contributed by atoms with Crippen LogP contribution in [-0.4, -0.2) is 72.2 Å². The van der Waals surface area contributed by atoms with Gasteiger partial charge in [0.2, 0.25) is 0 Å². The molecule has 7 nitrogen and oxygen atoms in total. The van der Waals surface area contributed by atoms with Crippen LogP contribution in [0.3, 0.4) is 0 Å². The fourth-order valence-corrected chi connectivity index (χ4v) is 3.31. The minimum atomic E-state index is 0. The summed E-state index contributed by atoms with van der Waals surface area (Å²) in [7, 11) is 1.94. The zero-order valence-corrected chi connectivity index (χ0v) is 17.5. The van der Waals surface area contributed by atoms with Crippen LogP contribution < -0.4 is 5.32 Å². The van der Waals surface area contributed by atoms with Gasteiger partial charge < -0.3 is 19.7 Å². The lowest BCUT2D eigenvalue weighted by Crippen LogP contribution is -2.53. The molecule has 1 aromatic heterocycles. The Bertz CT molecular complexity index is 545. The van der Waals surface area contributed by atoms with E-state index in [1.807, 2.05) is 24.1 Å². The first-order valence-electron chi connectivity index (χ1n) is 9.00. The number of guanidine groups is 1. The lowest BCUT2D eigenvalue weighted by Gasteiger charge is -2.37. The molecule has 0 amide bonds. The normalized spacial score (nSPS) is 24.2. The molecule has 0 aliphatic carbocycles. The molecule has 0 radical (unpaired) electrons. The molecular weight excluding hydrogens is 433 g/mol. The number of hydrogen-bond donors (Lipinski definition) is 1. The van der Waals surface area contributed by atoms with Gasteiger partial charge in [0.25, 0.3) is 0 Å². The number of aromatic nitrogens is 2. The number of aryl methyl sites for hydroxylation is 1. The third-order valence-corrected chi connectivity index (χ3v) is 4.53. The molecule has 0 aromatic carbocycles. The number of morpholine rings is 1. The standard InChI is InChI=1S/C17H29N5O2.HI/c1-3-18-17(19-7-6-14-11-20-21(2)12-14)22-8-10-24-16(13-22)15-5-4-9-23-15;/h11-12,15-16H,3-10,13H2,1-2H3,(H,18,19);1H. The summed E-state index contributed by atoms with van der Waals surface area (Å²) in [5, 5.41) is 7.62. The molecule has 2 aliphatic heterocycles. The largest absolute Gasteiger partial charge is 0.375 e. The van der Waals surface area contributed by atoms with E-state index in [-0.39, 0.29) is 36.2 Å². The van der Waals surface area contributed by atoms with Crippen LogP contribution in [0.25, 0.3) is 0 Å². The van der Waals surface area contributed by atoms with Gasteiger partial charge in [-0.3, -0.25) is 9.67 Å². The highest BCUT2D eigenvalue weighted by Crippen LogP contribution is 2.21. The lowest BCUT2D eigenvalue weighted by molar-refractivity contribution is -0.0817. The molecule has 3 heterocycles. The van der Waals surface area contributed by atoms with Crippen molar-refractivity contribution < 1.29 is 9.47 Å². The maximum atomic E-state index is 5.94. The van der Waals surface area contributed by atoms with Gasteiger partial charge in [-0.25, -0.2) is 0 Å². The molecule has 0 spiro atoms. The van der Waals surface area contributed by atoms with Gasteiger partial charge in [-0.1, -0.05) is 0 Å². The van der Waals surface area contributed by atoms with E-state index in [1.165, 1.54) is 5.56 Å². The van der Waals surface area contributed by atoms with Gasteiger partial charge in [0.15, 0.2) is 5.96 Å². The SMILES string of the molecule is CCNC(=NCCc1cnn(C)c1)N1CCOC(C2CCCO2)C1.I. The highest BCUT2D eigenvalue weighted by molar-refractivity contribution is 14.0. The Morgan fingerprint density at radius 1 is 1.36 bits per heavy atom. The third kappa shape index (κ3) is 5.82. The highest BCUT2D eigenvalue weighted by atomic mass is 127. The van der Waals surface area contributed by atoms with Crippen molar-refractivity contribution in [3.63, 3.8) is 0 Å². The second kappa shape index (κ2) is 10.3. The van der Waals surface area contributed by atoms with Crippen LogP contribution in [0, 0.1) is 0 Å². The molecule has 2 unspecified atom stereocenters. The van der Waals surface area contributed by atoms with Gasteiger partial charge in [0, 0.05) is 46.0 Å². The fourth-order valence-electron chi connectivity index (χ4n) is 3.31. The third-order valence-electron chi connectivity index (χ3n) is 4.53. The van der Waals surface area contributed by atoms with E-state index >= 15 is 0 Å². The molecule has 3 rings (SSSR count). The Labute approximate surface area is 167 Å². The van der Waals surface area contributed by atoms with E-state index in [4.69, 9.17) is 14.5 Å². The number of nitrogens with one attached hydrogen (secondary N) is 1. The maximum absolute atomic E-state index is 5.94. The predicted molar refractivity (Wildman–Crippen MR) is 109 cm³/mol. The molecule has 2 saturated heterocycles. The zero-order valence-electron chi connectivity index (χ0n) is 15.2. The average molecular weight is 463 g/mol. The molecule has 142 valence electrons. The van der Waals surface area contributed by atoms with E-state index in [0.29, 0.717) is 0 Å². The van der Waals surface area contributed by atoms with Crippen LogP contribution in [0.1, 0.15) is 25.3 Å². The maximum Gasteiger partial charge on any atom is 0.194 e. The topological polar surface area (TPSA) is 63.9 Å². The van der Waals surface area contributed by atoms with Gasteiger partial charge in [-0.2, -0.15) is 5.10 Å². The smallest absolute Gasteiger partial charge is 0.194 e. The fraction of sp³-hybridized carbons (Fsp3) is 0.765. The Morgan fingerprint density at radius 3 is 2.88 bits per heavy atom. The van der Waals surface area contributed by atoms with Crippen molar-refractivity contribution in [2.45, 2.75) is 38.4 Å². The van der Waals surface area contributed by atoms with Crippen LogP contribution in [0.15, 0.2) is 17.4 Å². The van der Waals surface area contributed by atoms with Crippen LogP contribution in [-0.2, 0) is 22.9 Å². The summed E-state index contributed by atoms with van der Waals surface area (Å²) in [5.74, 6) is 0.979. The number of ether oxygens (including phenoxy) is 2. The van der Waals surface area contributed by atoms with Crippen molar-refractivity contribution in [1.29, 1.82) is 0 Å². The molecule has 2 fully saturated rings. The predicted octanol–water partition coefficient (Wildman–Crippen LogP) is 1.43. The number of aliphatic imine (C=N–C) groups is 1. The summed E-state index contributed by atoms with van der Waals surface area (Å²) in [4.78, 5) is 7.11. The van der Waals surface area contributed by atoms with Crippen LogP contribution in [0.5, 0.6) is 0 Å². The van der Waals surface area contributed by atoms with Crippen LogP contribution in [0.4, 0.5) is 0 Å². The van der Waals surface area contributed by atoms with Gasteiger partial charge in [0.1, 0.15) is 6.10 Å². The van der Waals surface area contributed by atoms with E-state index < -0.39 is 0 Å². The van der Waals surface area contributed by atoms with E-state index in [1.54, 1.807) is 0 Å². The monoisotopic (exact) mass is 463 g/mol. The molecule has 0 bridgehead atoms. The Balaban J connectivity index is 0.00000225.